The van der Waals surface area contributed by atoms with Gasteiger partial charge in [0.05, 0.1) is 0 Å². The van der Waals surface area contributed by atoms with E-state index in [1.807, 2.05) is 4.90 Å². The number of likely N-dealkylation sites (tertiary alicyclic amines) is 1. The van der Waals surface area contributed by atoms with E-state index in [1.54, 1.807) is 0 Å². The van der Waals surface area contributed by atoms with Crippen LogP contribution in [0, 0.1) is 0 Å². The van der Waals surface area contributed by atoms with Gasteiger partial charge in [-0.15, -0.1) is 0 Å². The molecule has 2 aliphatic heterocycles. The Bertz CT molecular complexity index is 264. The van der Waals surface area contributed by atoms with Crippen molar-refractivity contribution in [2.24, 2.45) is 0 Å². The van der Waals surface area contributed by atoms with Crippen LogP contribution in [0.2, 0.25) is 0 Å². The lowest BCUT2D eigenvalue weighted by molar-refractivity contribution is -0.132. The van der Waals surface area contributed by atoms with Crippen molar-refractivity contribution in [3.05, 3.63) is 0 Å². The van der Waals surface area contributed by atoms with Crippen molar-refractivity contribution in [2.75, 3.05) is 39.3 Å². The predicted molar refractivity (Wildman–Crippen MR) is 73.6 cm³/mol. The molecule has 0 aromatic rings. The lowest BCUT2D eigenvalue weighted by atomic mass is 10.1. The van der Waals surface area contributed by atoms with Gasteiger partial charge in [0.25, 0.3) is 0 Å². The third-order valence-corrected chi connectivity index (χ3v) is 4.27. The lowest BCUT2D eigenvalue weighted by Gasteiger charge is -2.30. The van der Waals surface area contributed by atoms with E-state index in [-0.39, 0.29) is 0 Å². The molecule has 2 saturated heterocycles. The monoisotopic (exact) mass is 253 g/mol. The van der Waals surface area contributed by atoms with Crippen LogP contribution in [0.3, 0.4) is 0 Å². The van der Waals surface area contributed by atoms with E-state index in [9.17, 15) is 4.79 Å². The van der Waals surface area contributed by atoms with E-state index < -0.39 is 0 Å². The second-order valence-corrected chi connectivity index (χ2v) is 5.62. The number of hydrogen-bond acceptors (Lipinski definition) is 3. The number of hydrogen-bond donors (Lipinski definition) is 1. The highest BCUT2D eigenvalue weighted by molar-refractivity contribution is 5.76. The summed E-state index contributed by atoms with van der Waals surface area (Å²) in [6.07, 6.45) is 5.99. The molecular weight excluding hydrogens is 226 g/mol. The van der Waals surface area contributed by atoms with E-state index >= 15 is 0 Å². The molecule has 4 nitrogen and oxygen atoms in total. The zero-order chi connectivity index (χ0) is 12.8. The van der Waals surface area contributed by atoms with E-state index in [0.717, 1.165) is 32.7 Å². The molecule has 2 aliphatic rings. The van der Waals surface area contributed by atoms with Crippen molar-refractivity contribution in [1.82, 2.24) is 15.1 Å². The highest BCUT2D eigenvalue weighted by Crippen LogP contribution is 2.16. The van der Waals surface area contributed by atoms with E-state index in [4.69, 9.17) is 0 Å². The highest BCUT2D eigenvalue weighted by atomic mass is 16.2. The summed E-state index contributed by atoms with van der Waals surface area (Å²) in [6.45, 7) is 8.10. The first-order chi connectivity index (χ1) is 8.77. The molecule has 0 aromatic carbocycles. The topological polar surface area (TPSA) is 35.6 Å². The minimum atomic E-state index is 0.341. The molecule has 0 aromatic heterocycles. The average Bonchev–Trinajstić information content (AvgIpc) is 2.62. The molecule has 2 rings (SSSR count). The molecule has 18 heavy (non-hydrogen) atoms. The van der Waals surface area contributed by atoms with Crippen LogP contribution in [0.4, 0.5) is 0 Å². The van der Waals surface area contributed by atoms with Crippen molar-refractivity contribution < 1.29 is 4.79 Å². The van der Waals surface area contributed by atoms with Crippen LogP contribution in [-0.2, 0) is 4.79 Å². The maximum atomic E-state index is 12.1. The summed E-state index contributed by atoms with van der Waals surface area (Å²) >= 11 is 0. The number of carbonyl (C=O) groups is 1. The molecule has 1 amide bonds. The Balaban J connectivity index is 1.73. The van der Waals surface area contributed by atoms with Gasteiger partial charge in [-0.05, 0) is 26.3 Å². The minimum absolute atomic E-state index is 0.341. The van der Waals surface area contributed by atoms with Gasteiger partial charge in [-0.25, -0.2) is 0 Å². The summed E-state index contributed by atoms with van der Waals surface area (Å²) in [5.74, 6) is 0.341. The zero-order valence-electron chi connectivity index (χ0n) is 11.7. The van der Waals surface area contributed by atoms with Gasteiger partial charge in [-0.3, -0.25) is 4.79 Å². The normalized spacial score (nSPS) is 26.9. The van der Waals surface area contributed by atoms with Gasteiger partial charge in [0.1, 0.15) is 0 Å². The maximum Gasteiger partial charge on any atom is 0.223 e. The first kappa shape index (κ1) is 13.8. The van der Waals surface area contributed by atoms with Gasteiger partial charge in [0.2, 0.25) is 5.91 Å². The summed E-state index contributed by atoms with van der Waals surface area (Å²) in [7, 11) is 0. The Morgan fingerprint density at radius 3 is 2.72 bits per heavy atom. The van der Waals surface area contributed by atoms with Crippen LogP contribution in [0.25, 0.3) is 0 Å². The molecule has 0 aliphatic carbocycles. The van der Waals surface area contributed by atoms with Crippen molar-refractivity contribution in [1.29, 1.82) is 0 Å². The molecular formula is C14H27N3O. The standard InChI is InChI=1S/C14H27N3O/c1-13-5-3-2-4-9-16(13)10-6-14(18)17-11-7-15-8-12-17/h13,15H,2-12H2,1H3. The summed E-state index contributed by atoms with van der Waals surface area (Å²) in [6, 6.07) is 0.656. The molecule has 0 radical (unpaired) electrons. The number of nitrogens with one attached hydrogen (secondary N) is 1. The van der Waals surface area contributed by atoms with Crippen molar-refractivity contribution in [3.63, 3.8) is 0 Å². The molecule has 1 unspecified atom stereocenters. The van der Waals surface area contributed by atoms with Crippen LogP contribution in [0.1, 0.15) is 39.0 Å². The Labute approximate surface area is 111 Å². The van der Waals surface area contributed by atoms with Gasteiger partial charge in [0.15, 0.2) is 0 Å². The van der Waals surface area contributed by atoms with Crippen LogP contribution in [0.15, 0.2) is 0 Å². The molecule has 1 N–H and O–H groups in total. The molecule has 0 spiro atoms. The van der Waals surface area contributed by atoms with Crippen LogP contribution < -0.4 is 5.32 Å². The van der Waals surface area contributed by atoms with Crippen molar-refractivity contribution >= 4 is 5.91 Å². The van der Waals surface area contributed by atoms with Crippen LogP contribution in [0.5, 0.6) is 0 Å². The van der Waals surface area contributed by atoms with Gasteiger partial charge in [0, 0.05) is 45.2 Å². The van der Waals surface area contributed by atoms with E-state index in [0.29, 0.717) is 18.4 Å². The van der Waals surface area contributed by atoms with Gasteiger partial charge in [-0.2, -0.15) is 0 Å². The Morgan fingerprint density at radius 1 is 1.17 bits per heavy atom. The molecule has 0 saturated carbocycles. The fraction of sp³-hybridized carbons (Fsp3) is 0.929. The third kappa shape index (κ3) is 3.95. The van der Waals surface area contributed by atoms with Gasteiger partial charge in [-0.1, -0.05) is 12.8 Å². The smallest absolute Gasteiger partial charge is 0.223 e. The molecule has 1 atom stereocenters. The van der Waals surface area contributed by atoms with Crippen molar-refractivity contribution in [2.45, 2.75) is 45.1 Å². The summed E-state index contributed by atoms with van der Waals surface area (Å²) in [5.41, 5.74) is 0. The van der Waals surface area contributed by atoms with Crippen LogP contribution in [-0.4, -0.2) is 61.0 Å². The molecule has 2 fully saturated rings. The fourth-order valence-electron chi connectivity index (χ4n) is 2.98. The Hall–Kier alpha value is -0.610. The summed E-state index contributed by atoms with van der Waals surface area (Å²) in [5, 5.41) is 3.29. The van der Waals surface area contributed by atoms with Gasteiger partial charge >= 0.3 is 0 Å². The molecule has 2 heterocycles. The van der Waals surface area contributed by atoms with E-state index in [1.165, 1.54) is 32.2 Å². The third-order valence-electron chi connectivity index (χ3n) is 4.27. The molecule has 0 bridgehead atoms. The SMILES string of the molecule is CC1CCCCCN1CCC(=O)N1CCNCC1. The van der Waals surface area contributed by atoms with Gasteiger partial charge < -0.3 is 15.1 Å². The average molecular weight is 253 g/mol. The predicted octanol–water partition coefficient (Wildman–Crippen LogP) is 1.07. The fourth-order valence-corrected chi connectivity index (χ4v) is 2.98. The second kappa shape index (κ2) is 7.10. The molecule has 4 heteroatoms. The zero-order valence-corrected chi connectivity index (χ0v) is 11.7. The largest absolute Gasteiger partial charge is 0.340 e. The Kier molecular flexibility index (Phi) is 5.45. The highest BCUT2D eigenvalue weighted by Gasteiger charge is 2.20. The number of nitrogens with zero attached hydrogens (tertiary/aromatic N) is 2. The summed E-state index contributed by atoms with van der Waals surface area (Å²) in [4.78, 5) is 16.6. The number of carbonyl (C=O) groups excluding carboxylic acids is 1. The van der Waals surface area contributed by atoms with Crippen molar-refractivity contribution in [3.8, 4) is 0 Å². The van der Waals surface area contributed by atoms with E-state index in [2.05, 4.69) is 17.1 Å². The molecule has 104 valence electrons. The quantitative estimate of drug-likeness (QED) is 0.817. The second-order valence-electron chi connectivity index (χ2n) is 5.62. The maximum absolute atomic E-state index is 12.1. The first-order valence-electron chi connectivity index (χ1n) is 7.50. The number of amides is 1. The number of rotatable bonds is 3. The Morgan fingerprint density at radius 2 is 1.94 bits per heavy atom. The lowest BCUT2D eigenvalue weighted by Crippen LogP contribution is -2.47. The number of piperazine rings is 1. The van der Waals surface area contributed by atoms with Crippen LogP contribution >= 0.6 is 0 Å². The first-order valence-corrected chi connectivity index (χ1v) is 7.50. The summed E-state index contributed by atoms with van der Waals surface area (Å²) < 4.78 is 0. The minimum Gasteiger partial charge on any atom is -0.340 e.